The molecule has 7 heteroatoms. The number of nitrogens with zero attached hydrogens (tertiary/aromatic N) is 3. The zero-order chi connectivity index (χ0) is 21.0. The maximum atomic E-state index is 13.3. The van der Waals surface area contributed by atoms with Crippen LogP contribution in [0, 0.1) is 0 Å². The molecular formula is C23H21N3O4. The van der Waals surface area contributed by atoms with Crippen LogP contribution in [0.5, 0.6) is 5.75 Å². The molecule has 0 bridgehead atoms. The molecule has 2 aromatic carbocycles. The van der Waals surface area contributed by atoms with Crippen molar-refractivity contribution >= 4 is 10.9 Å². The summed E-state index contributed by atoms with van der Waals surface area (Å²) < 4.78 is 10.9. The number of phenolic OH excluding ortho intramolecular Hbond substituents is 1. The Morgan fingerprint density at radius 1 is 1.00 bits per heavy atom. The number of aryl methyl sites for hydroxylation is 1. The Morgan fingerprint density at radius 2 is 1.77 bits per heavy atom. The fourth-order valence-electron chi connectivity index (χ4n) is 4.42. The van der Waals surface area contributed by atoms with Gasteiger partial charge in [-0.25, -0.2) is 4.79 Å². The Balaban J connectivity index is 1.96. The van der Waals surface area contributed by atoms with E-state index >= 15 is 0 Å². The molecule has 0 fully saturated rings. The van der Waals surface area contributed by atoms with Crippen molar-refractivity contribution in [2.75, 3.05) is 6.61 Å². The molecule has 30 heavy (non-hydrogen) atoms. The smallest absolute Gasteiger partial charge is 0.331 e. The van der Waals surface area contributed by atoms with E-state index in [2.05, 4.69) is 4.57 Å². The highest BCUT2D eigenvalue weighted by Gasteiger charge is 2.33. The minimum atomic E-state index is -0.511. The number of ether oxygens (including phenoxy) is 1. The third-order valence-electron chi connectivity index (χ3n) is 5.77. The number of aromatic nitrogens is 3. The monoisotopic (exact) mass is 403 g/mol. The molecular weight excluding hydrogens is 382 g/mol. The first-order valence-corrected chi connectivity index (χ1v) is 9.77. The van der Waals surface area contributed by atoms with E-state index in [1.165, 1.54) is 11.6 Å². The third-order valence-corrected chi connectivity index (χ3v) is 5.77. The predicted molar refractivity (Wildman–Crippen MR) is 114 cm³/mol. The van der Waals surface area contributed by atoms with Crippen molar-refractivity contribution in [3.05, 3.63) is 86.7 Å². The van der Waals surface area contributed by atoms with Gasteiger partial charge in [0.25, 0.3) is 5.56 Å². The summed E-state index contributed by atoms with van der Waals surface area (Å²) in [4.78, 5) is 26.0. The van der Waals surface area contributed by atoms with Crippen LogP contribution in [0.25, 0.3) is 22.2 Å². The normalized spacial score (nSPS) is 16.0. The number of rotatable bonds is 2. The molecule has 2 aromatic heterocycles. The van der Waals surface area contributed by atoms with Gasteiger partial charge in [0, 0.05) is 20.6 Å². The van der Waals surface area contributed by atoms with E-state index in [0.717, 1.165) is 27.1 Å². The van der Waals surface area contributed by atoms with Gasteiger partial charge in [-0.15, -0.1) is 0 Å². The van der Waals surface area contributed by atoms with Crippen LogP contribution in [0.15, 0.2) is 64.2 Å². The Kier molecular flexibility index (Phi) is 4.15. The molecule has 1 aliphatic rings. The Hall–Kier alpha value is -3.58. The maximum absolute atomic E-state index is 13.3. The second-order valence-electron chi connectivity index (χ2n) is 7.53. The summed E-state index contributed by atoms with van der Waals surface area (Å²) in [5.74, 6) is 0.136. The van der Waals surface area contributed by atoms with Crippen LogP contribution in [-0.2, 0) is 25.4 Å². The third kappa shape index (κ3) is 2.55. The van der Waals surface area contributed by atoms with Gasteiger partial charge in [-0.05, 0) is 23.3 Å². The van der Waals surface area contributed by atoms with Gasteiger partial charge in [0.1, 0.15) is 11.9 Å². The van der Waals surface area contributed by atoms with Gasteiger partial charge in [0.05, 0.1) is 28.9 Å². The molecule has 0 aliphatic carbocycles. The molecule has 0 saturated heterocycles. The van der Waals surface area contributed by atoms with E-state index in [1.54, 1.807) is 25.2 Å². The summed E-state index contributed by atoms with van der Waals surface area (Å²) in [6, 6.07) is 16.6. The highest BCUT2D eigenvalue weighted by molar-refractivity contribution is 5.96. The van der Waals surface area contributed by atoms with E-state index in [1.807, 2.05) is 36.4 Å². The van der Waals surface area contributed by atoms with E-state index < -0.39 is 6.10 Å². The largest absolute Gasteiger partial charge is 0.508 e. The van der Waals surface area contributed by atoms with Gasteiger partial charge in [-0.2, -0.15) is 0 Å². The van der Waals surface area contributed by atoms with Gasteiger partial charge in [0.2, 0.25) is 0 Å². The molecule has 1 atom stereocenters. The second-order valence-corrected chi connectivity index (χ2v) is 7.53. The number of hydrogen-bond donors (Lipinski definition) is 1. The fourth-order valence-corrected chi connectivity index (χ4v) is 4.42. The average molecular weight is 403 g/mol. The Labute approximate surface area is 172 Å². The minimum Gasteiger partial charge on any atom is -0.508 e. The zero-order valence-corrected chi connectivity index (χ0v) is 16.7. The predicted octanol–water partition coefficient (Wildman–Crippen LogP) is 2.53. The van der Waals surface area contributed by atoms with Crippen LogP contribution in [-0.4, -0.2) is 25.4 Å². The van der Waals surface area contributed by atoms with Crippen LogP contribution < -0.4 is 11.2 Å². The second kappa shape index (κ2) is 6.74. The summed E-state index contributed by atoms with van der Waals surface area (Å²) in [6.07, 6.45) is -0.511. The van der Waals surface area contributed by atoms with Crippen molar-refractivity contribution in [2.24, 2.45) is 14.1 Å². The molecule has 152 valence electrons. The van der Waals surface area contributed by atoms with Crippen molar-refractivity contribution in [3.8, 4) is 17.0 Å². The molecule has 1 N–H and O–H groups in total. The first kappa shape index (κ1) is 18.4. The lowest BCUT2D eigenvalue weighted by Crippen LogP contribution is -2.37. The molecule has 0 amide bonds. The first-order valence-electron chi connectivity index (χ1n) is 9.77. The number of hydrogen-bond acceptors (Lipinski definition) is 4. The number of phenols is 1. The summed E-state index contributed by atoms with van der Waals surface area (Å²) in [5, 5.41) is 10.5. The zero-order valence-electron chi connectivity index (χ0n) is 16.7. The van der Waals surface area contributed by atoms with Crippen LogP contribution in [0.2, 0.25) is 0 Å². The molecule has 5 rings (SSSR count). The summed E-state index contributed by atoms with van der Waals surface area (Å²) in [6.45, 7) is 1.00. The van der Waals surface area contributed by atoms with Crippen molar-refractivity contribution < 1.29 is 9.84 Å². The lowest BCUT2D eigenvalue weighted by Gasteiger charge is -2.27. The minimum absolute atomic E-state index is 0.136. The van der Waals surface area contributed by atoms with Crippen molar-refractivity contribution in [1.82, 2.24) is 13.7 Å². The van der Waals surface area contributed by atoms with Crippen LogP contribution >= 0.6 is 0 Å². The van der Waals surface area contributed by atoms with Gasteiger partial charge in [0.15, 0.2) is 0 Å². The standard InChI is InChI=1S/C23H21N3O4/c1-24-19-17(22(28)25(2)23(24)29)18(14-7-4-3-5-8-14)26-11-12-30-21(20(19)26)15-9-6-10-16(27)13-15/h3-10,13,21,27H,11-12H2,1-2H3. The maximum Gasteiger partial charge on any atom is 0.331 e. The molecule has 0 radical (unpaired) electrons. The Morgan fingerprint density at radius 3 is 2.50 bits per heavy atom. The number of benzene rings is 2. The van der Waals surface area contributed by atoms with E-state index in [4.69, 9.17) is 4.74 Å². The van der Waals surface area contributed by atoms with Crippen molar-refractivity contribution in [3.63, 3.8) is 0 Å². The van der Waals surface area contributed by atoms with Gasteiger partial charge >= 0.3 is 5.69 Å². The highest BCUT2D eigenvalue weighted by Crippen LogP contribution is 2.40. The van der Waals surface area contributed by atoms with Crippen LogP contribution in [0.1, 0.15) is 17.4 Å². The Bertz CT molecular complexity index is 1400. The van der Waals surface area contributed by atoms with E-state index in [-0.39, 0.29) is 17.0 Å². The fraction of sp³-hybridized carbons (Fsp3) is 0.217. The molecule has 0 saturated carbocycles. The van der Waals surface area contributed by atoms with Gasteiger partial charge in [-0.1, -0.05) is 42.5 Å². The van der Waals surface area contributed by atoms with Gasteiger partial charge in [-0.3, -0.25) is 13.9 Å². The van der Waals surface area contributed by atoms with E-state index in [9.17, 15) is 14.7 Å². The molecule has 4 aromatic rings. The first-order chi connectivity index (χ1) is 14.5. The lowest BCUT2D eigenvalue weighted by atomic mass is 10.0. The number of aromatic hydroxyl groups is 1. The SMILES string of the molecule is Cn1c(=O)c2c(-c3ccccc3)n3c(c2n(C)c1=O)C(c1cccc(O)c1)OCC3. The van der Waals surface area contributed by atoms with Gasteiger partial charge < -0.3 is 14.4 Å². The molecule has 3 heterocycles. The average Bonchev–Trinajstić information content (AvgIpc) is 3.12. The summed E-state index contributed by atoms with van der Waals surface area (Å²) >= 11 is 0. The van der Waals surface area contributed by atoms with Crippen molar-refractivity contribution in [2.45, 2.75) is 12.6 Å². The molecule has 1 aliphatic heterocycles. The molecule has 1 unspecified atom stereocenters. The van der Waals surface area contributed by atoms with Crippen LogP contribution in [0.4, 0.5) is 0 Å². The lowest BCUT2D eigenvalue weighted by molar-refractivity contribution is 0.0477. The van der Waals surface area contributed by atoms with Crippen LogP contribution in [0.3, 0.4) is 0 Å². The quantitative estimate of drug-likeness (QED) is 0.558. The number of fused-ring (bicyclic) bond motifs is 3. The highest BCUT2D eigenvalue weighted by atomic mass is 16.5. The van der Waals surface area contributed by atoms with E-state index in [0.29, 0.717) is 24.1 Å². The summed E-state index contributed by atoms with van der Waals surface area (Å²) in [5.41, 5.74) is 3.05. The summed E-state index contributed by atoms with van der Waals surface area (Å²) in [7, 11) is 3.17. The van der Waals surface area contributed by atoms with Crippen molar-refractivity contribution in [1.29, 1.82) is 0 Å². The topological polar surface area (TPSA) is 78.4 Å². The molecule has 0 spiro atoms. The molecule has 7 nitrogen and oxygen atoms in total.